The van der Waals surface area contributed by atoms with Crippen LogP contribution in [0.4, 0.5) is 5.69 Å². The number of hydrogen-bond donors (Lipinski definition) is 1. The summed E-state index contributed by atoms with van der Waals surface area (Å²) in [5.41, 5.74) is 0.997. The van der Waals surface area contributed by atoms with E-state index in [2.05, 4.69) is 4.98 Å². The zero-order chi connectivity index (χ0) is 28.8. The van der Waals surface area contributed by atoms with Crippen molar-refractivity contribution >= 4 is 28.9 Å². The largest absolute Gasteiger partial charge is 0.461 e. The summed E-state index contributed by atoms with van der Waals surface area (Å²) in [4.78, 5) is 45.5. The minimum Gasteiger partial charge on any atom is -0.461 e. The van der Waals surface area contributed by atoms with Crippen LogP contribution < -0.4 is 0 Å². The maximum Gasteiger partial charge on any atom is 0.357 e. The molecule has 11 nitrogen and oxygen atoms in total. The lowest BCUT2D eigenvalue weighted by Crippen LogP contribution is -2.44. The Hall–Kier alpha value is -2.93. The molecule has 1 aromatic carbocycles. The molecule has 12 heteroatoms. The fourth-order valence-corrected chi connectivity index (χ4v) is 4.51. The zero-order valence-electron chi connectivity index (χ0n) is 23.0. The molecule has 0 aliphatic heterocycles. The molecule has 0 saturated carbocycles. The zero-order valence-corrected chi connectivity index (χ0v) is 23.9. The van der Waals surface area contributed by atoms with Crippen LogP contribution in [0.15, 0.2) is 29.6 Å². The molecule has 1 amide bonds. The molecule has 2 atom stereocenters. The highest BCUT2D eigenvalue weighted by Crippen LogP contribution is 2.28. The molecule has 0 bridgehead atoms. The van der Waals surface area contributed by atoms with Crippen molar-refractivity contribution in [3.63, 3.8) is 0 Å². The van der Waals surface area contributed by atoms with Gasteiger partial charge >= 0.3 is 5.97 Å². The summed E-state index contributed by atoms with van der Waals surface area (Å²) in [6.45, 7) is 8.79. The van der Waals surface area contributed by atoms with E-state index in [1.165, 1.54) is 28.5 Å². The summed E-state index contributed by atoms with van der Waals surface area (Å²) in [5, 5.41) is 25.0. The SMILES string of the molecule is CCCCC(=O)N(OCCCOCc1ccc([N+](=O)[O-])cc1)C(CC(O)c1nc(C(=O)OCC)cs1)C(C)C. The van der Waals surface area contributed by atoms with Gasteiger partial charge in [0.1, 0.15) is 11.1 Å². The molecule has 0 fully saturated rings. The van der Waals surface area contributed by atoms with E-state index in [4.69, 9.17) is 14.3 Å². The lowest BCUT2D eigenvalue weighted by molar-refractivity contribution is -0.384. The Bertz CT molecular complexity index is 1040. The van der Waals surface area contributed by atoms with Crippen molar-refractivity contribution in [3.05, 3.63) is 56.0 Å². The second-order valence-electron chi connectivity index (χ2n) is 9.34. The molecule has 216 valence electrons. The number of rotatable bonds is 18. The van der Waals surface area contributed by atoms with Gasteiger partial charge in [-0.1, -0.05) is 27.2 Å². The van der Waals surface area contributed by atoms with Crippen molar-refractivity contribution < 1.29 is 33.9 Å². The third kappa shape index (κ3) is 10.6. The first-order chi connectivity index (χ1) is 18.7. The Morgan fingerprint density at radius 1 is 1.15 bits per heavy atom. The molecule has 0 radical (unpaired) electrons. The van der Waals surface area contributed by atoms with Gasteiger partial charge in [0.25, 0.3) is 5.69 Å². The standard InChI is InChI=1S/C27H39N3O8S/c1-5-7-9-25(32)29(38-15-8-14-36-17-20-10-12-21(13-11-20)30(34)35)23(19(3)4)16-24(31)26-28-22(18-39-26)27(33)37-6-2/h10-13,18-19,23-24,31H,5-9,14-17H2,1-4H3. The van der Waals surface area contributed by atoms with E-state index in [1.54, 1.807) is 24.4 Å². The number of nitrogens with zero attached hydrogens (tertiary/aromatic N) is 3. The first-order valence-electron chi connectivity index (χ1n) is 13.2. The predicted molar refractivity (Wildman–Crippen MR) is 146 cm³/mol. The lowest BCUT2D eigenvalue weighted by Gasteiger charge is -2.34. The number of ether oxygens (including phenoxy) is 2. The van der Waals surface area contributed by atoms with Crippen molar-refractivity contribution in [2.24, 2.45) is 5.92 Å². The number of carbonyl (C=O) groups excluding carboxylic acids is 2. The number of non-ortho nitro benzene ring substituents is 1. The van der Waals surface area contributed by atoms with E-state index >= 15 is 0 Å². The van der Waals surface area contributed by atoms with E-state index < -0.39 is 23.0 Å². The van der Waals surface area contributed by atoms with Gasteiger partial charge in [-0.25, -0.2) is 14.8 Å². The van der Waals surface area contributed by atoms with Crippen molar-refractivity contribution in [1.29, 1.82) is 0 Å². The van der Waals surface area contributed by atoms with E-state index in [9.17, 15) is 24.8 Å². The van der Waals surface area contributed by atoms with Crippen molar-refractivity contribution in [2.75, 3.05) is 19.8 Å². The summed E-state index contributed by atoms with van der Waals surface area (Å²) in [7, 11) is 0. The van der Waals surface area contributed by atoms with Crippen LogP contribution in [0.5, 0.6) is 0 Å². The molecule has 2 aromatic rings. The van der Waals surface area contributed by atoms with E-state index in [0.717, 1.165) is 18.4 Å². The predicted octanol–water partition coefficient (Wildman–Crippen LogP) is 5.23. The number of benzene rings is 1. The van der Waals surface area contributed by atoms with E-state index in [-0.39, 0.29) is 42.8 Å². The summed E-state index contributed by atoms with van der Waals surface area (Å²) < 4.78 is 10.6. The first-order valence-corrected chi connectivity index (χ1v) is 14.1. The number of nitro groups is 1. The molecule has 0 aliphatic carbocycles. The molecular formula is C27H39N3O8S. The number of hydroxylamine groups is 2. The first kappa shape index (κ1) is 32.3. The van der Waals surface area contributed by atoms with Gasteiger partial charge in [-0.2, -0.15) is 0 Å². The van der Waals surface area contributed by atoms with Crippen LogP contribution in [0.1, 0.15) is 87.0 Å². The van der Waals surface area contributed by atoms with Crippen LogP contribution >= 0.6 is 11.3 Å². The van der Waals surface area contributed by atoms with Gasteiger partial charge in [0.2, 0.25) is 5.91 Å². The van der Waals surface area contributed by atoms with Crippen LogP contribution in [-0.4, -0.2) is 57.8 Å². The number of nitro benzene ring substituents is 1. The third-order valence-electron chi connectivity index (χ3n) is 5.90. The Kier molecular flexibility index (Phi) is 14.0. The summed E-state index contributed by atoms with van der Waals surface area (Å²) in [6.07, 6.45) is 1.65. The van der Waals surface area contributed by atoms with E-state index in [0.29, 0.717) is 31.1 Å². The number of esters is 1. The van der Waals surface area contributed by atoms with Crippen molar-refractivity contribution in [1.82, 2.24) is 10.0 Å². The van der Waals surface area contributed by atoms with Crippen molar-refractivity contribution in [3.8, 4) is 0 Å². The summed E-state index contributed by atoms with van der Waals surface area (Å²) >= 11 is 1.17. The summed E-state index contributed by atoms with van der Waals surface area (Å²) in [6, 6.07) is 5.76. The minimum absolute atomic E-state index is 0.0203. The topological polar surface area (TPSA) is 141 Å². The van der Waals surface area contributed by atoms with Gasteiger partial charge in [-0.3, -0.25) is 19.7 Å². The highest BCUT2D eigenvalue weighted by Gasteiger charge is 2.31. The average Bonchev–Trinajstić information content (AvgIpc) is 3.41. The number of unbranched alkanes of at least 4 members (excludes halogenated alkanes) is 1. The highest BCUT2D eigenvalue weighted by atomic mass is 32.1. The fraction of sp³-hybridized carbons (Fsp3) is 0.593. The van der Waals surface area contributed by atoms with Crippen LogP contribution in [-0.2, 0) is 25.7 Å². The van der Waals surface area contributed by atoms with Crippen LogP contribution in [0, 0.1) is 16.0 Å². The molecule has 1 aromatic heterocycles. The van der Waals surface area contributed by atoms with Crippen molar-refractivity contribution in [2.45, 2.75) is 78.6 Å². The second-order valence-corrected chi connectivity index (χ2v) is 10.2. The molecule has 0 spiro atoms. The molecule has 39 heavy (non-hydrogen) atoms. The number of aromatic nitrogens is 1. The monoisotopic (exact) mass is 565 g/mol. The van der Waals surface area contributed by atoms with Crippen LogP contribution in [0.3, 0.4) is 0 Å². The number of hydrogen-bond acceptors (Lipinski definition) is 10. The van der Waals surface area contributed by atoms with Gasteiger partial charge in [0, 0.05) is 37.0 Å². The minimum atomic E-state index is -0.985. The fourth-order valence-electron chi connectivity index (χ4n) is 3.73. The number of amides is 1. The molecular weight excluding hydrogens is 526 g/mol. The van der Waals surface area contributed by atoms with Gasteiger partial charge in [-0.15, -0.1) is 11.3 Å². The Balaban J connectivity index is 1.96. The Labute approximate surface area is 233 Å². The molecule has 1 N–H and O–H groups in total. The van der Waals surface area contributed by atoms with Crippen LogP contribution in [0.2, 0.25) is 0 Å². The smallest absolute Gasteiger partial charge is 0.357 e. The lowest BCUT2D eigenvalue weighted by atomic mass is 9.97. The third-order valence-corrected chi connectivity index (χ3v) is 6.84. The quantitative estimate of drug-likeness (QED) is 0.111. The molecule has 0 saturated heterocycles. The number of thiazole rings is 1. The molecule has 2 unspecified atom stereocenters. The average molecular weight is 566 g/mol. The Morgan fingerprint density at radius 2 is 1.87 bits per heavy atom. The van der Waals surface area contributed by atoms with E-state index in [1.807, 2.05) is 20.8 Å². The normalized spacial score (nSPS) is 12.8. The molecule has 0 aliphatic rings. The molecule has 1 heterocycles. The maximum absolute atomic E-state index is 13.1. The van der Waals surface area contributed by atoms with Gasteiger partial charge < -0.3 is 14.6 Å². The summed E-state index contributed by atoms with van der Waals surface area (Å²) in [5.74, 6) is -0.711. The van der Waals surface area contributed by atoms with Crippen LogP contribution in [0.25, 0.3) is 0 Å². The van der Waals surface area contributed by atoms with Gasteiger partial charge in [-0.05, 0) is 43.4 Å². The molecule has 2 rings (SSSR count). The highest BCUT2D eigenvalue weighted by molar-refractivity contribution is 7.09. The van der Waals surface area contributed by atoms with Gasteiger partial charge in [0.05, 0.1) is 30.8 Å². The maximum atomic E-state index is 13.1. The number of carbonyl (C=O) groups is 2. The number of aliphatic hydroxyl groups excluding tert-OH is 1. The number of aliphatic hydroxyl groups is 1. The Morgan fingerprint density at radius 3 is 2.49 bits per heavy atom. The second kappa shape index (κ2) is 16.9. The van der Waals surface area contributed by atoms with Gasteiger partial charge in [0.15, 0.2) is 5.69 Å².